The van der Waals surface area contributed by atoms with Gasteiger partial charge in [0, 0.05) is 13.1 Å². The third-order valence-electron chi connectivity index (χ3n) is 3.96. The number of aromatic nitrogens is 1. The molecule has 1 atom stereocenters. The molecule has 0 amide bonds. The van der Waals surface area contributed by atoms with E-state index in [1.165, 1.54) is 0 Å². The van der Waals surface area contributed by atoms with Gasteiger partial charge < -0.3 is 24.7 Å². The molecule has 0 radical (unpaired) electrons. The van der Waals surface area contributed by atoms with Crippen molar-refractivity contribution in [3.63, 3.8) is 0 Å². The fourth-order valence-electron chi connectivity index (χ4n) is 2.74. The lowest BCUT2D eigenvalue weighted by atomic mass is 9.92. The van der Waals surface area contributed by atoms with E-state index in [0.717, 1.165) is 37.1 Å². The molecule has 120 valence electrons. The molecule has 0 aliphatic carbocycles. The van der Waals surface area contributed by atoms with Crippen molar-refractivity contribution in [3.8, 4) is 5.75 Å². The number of fused-ring (bicyclic) bond motifs is 1. The van der Waals surface area contributed by atoms with Crippen LogP contribution < -0.4 is 4.90 Å². The van der Waals surface area contributed by atoms with E-state index in [-0.39, 0.29) is 18.3 Å². The minimum atomic E-state index is -0.250. The monoisotopic (exact) mass is 308 g/mol. The molecule has 0 saturated carbocycles. The van der Waals surface area contributed by atoms with Gasteiger partial charge in [-0.15, -0.1) is 0 Å². The topological polar surface area (TPSA) is 107 Å². The first-order valence-electron chi connectivity index (χ1n) is 7.16. The standard InChI is InChI=1S/C14H18N2O3.CH2O2/c1-9(17)10-4-6-16(7-5-10)14-12-8-11(18)2-3-13(12)19-15-14;2-1-3/h2-3,8-10,17-18H,4-7H2,1H3;1H,(H,2,3). The molecule has 7 heteroatoms. The maximum absolute atomic E-state index is 9.62. The van der Waals surface area contributed by atoms with Gasteiger partial charge in [0.25, 0.3) is 6.47 Å². The minimum absolute atomic E-state index is 0.218. The predicted octanol–water partition coefficient (Wildman–Crippen LogP) is 1.83. The zero-order chi connectivity index (χ0) is 16.1. The number of phenolic OH excluding ortho intramolecular Hbond substituents is 1. The van der Waals surface area contributed by atoms with Crippen LogP contribution >= 0.6 is 0 Å². The first-order chi connectivity index (χ1) is 10.6. The quantitative estimate of drug-likeness (QED) is 0.726. The van der Waals surface area contributed by atoms with Crippen molar-refractivity contribution in [2.24, 2.45) is 5.92 Å². The molecule has 1 saturated heterocycles. The molecule has 1 aromatic carbocycles. The van der Waals surface area contributed by atoms with E-state index >= 15 is 0 Å². The molecule has 1 fully saturated rings. The lowest BCUT2D eigenvalue weighted by Gasteiger charge is -2.33. The number of rotatable bonds is 2. The maximum Gasteiger partial charge on any atom is 0.290 e. The Hall–Kier alpha value is -2.28. The van der Waals surface area contributed by atoms with Crippen LogP contribution in [-0.4, -0.2) is 46.1 Å². The van der Waals surface area contributed by atoms with Gasteiger partial charge in [0.15, 0.2) is 11.4 Å². The number of carbonyl (C=O) groups is 1. The molecule has 0 spiro atoms. The van der Waals surface area contributed by atoms with Crippen LogP contribution in [0.15, 0.2) is 22.7 Å². The molecular formula is C15H20N2O5. The van der Waals surface area contributed by atoms with Crippen LogP contribution in [0.4, 0.5) is 5.82 Å². The van der Waals surface area contributed by atoms with Gasteiger partial charge in [-0.1, -0.05) is 5.16 Å². The predicted molar refractivity (Wildman–Crippen MR) is 81.0 cm³/mol. The third-order valence-corrected chi connectivity index (χ3v) is 3.96. The van der Waals surface area contributed by atoms with Gasteiger partial charge in [-0.25, -0.2) is 0 Å². The second-order valence-corrected chi connectivity index (χ2v) is 5.36. The summed E-state index contributed by atoms with van der Waals surface area (Å²) in [5.41, 5.74) is 0.686. The molecule has 22 heavy (non-hydrogen) atoms. The number of nitrogens with zero attached hydrogens (tertiary/aromatic N) is 2. The fraction of sp³-hybridized carbons (Fsp3) is 0.467. The van der Waals surface area contributed by atoms with Crippen molar-refractivity contribution in [2.45, 2.75) is 25.9 Å². The number of benzene rings is 1. The van der Waals surface area contributed by atoms with Crippen LogP contribution in [0.1, 0.15) is 19.8 Å². The summed E-state index contributed by atoms with van der Waals surface area (Å²) in [7, 11) is 0. The van der Waals surface area contributed by atoms with Crippen LogP contribution in [0.2, 0.25) is 0 Å². The van der Waals surface area contributed by atoms with Crippen molar-refractivity contribution in [2.75, 3.05) is 18.0 Å². The van der Waals surface area contributed by atoms with Crippen LogP contribution in [0, 0.1) is 5.92 Å². The first-order valence-corrected chi connectivity index (χ1v) is 7.16. The number of hydrogen-bond acceptors (Lipinski definition) is 6. The lowest BCUT2D eigenvalue weighted by molar-refractivity contribution is -0.122. The van der Waals surface area contributed by atoms with Gasteiger partial charge in [0.1, 0.15) is 5.75 Å². The Labute approximate surface area is 127 Å². The Morgan fingerprint density at radius 1 is 1.41 bits per heavy atom. The van der Waals surface area contributed by atoms with E-state index in [2.05, 4.69) is 10.1 Å². The normalized spacial score (nSPS) is 16.9. The number of aromatic hydroxyl groups is 1. The summed E-state index contributed by atoms with van der Waals surface area (Å²) in [6.07, 6.45) is 1.65. The Kier molecular flexibility index (Phi) is 5.21. The van der Waals surface area contributed by atoms with E-state index in [0.29, 0.717) is 11.5 Å². The van der Waals surface area contributed by atoms with Gasteiger partial charge in [-0.2, -0.15) is 0 Å². The lowest BCUT2D eigenvalue weighted by Crippen LogP contribution is -2.37. The van der Waals surface area contributed by atoms with E-state index < -0.39 is 0 Å². The van der Waals surface area contributed by atoms with Crippen molar-refractivity contribution in [1.82, 2.24) is 5.16 Å². The molecule has 7 nitrogen and oxygen atoms in total. The maximum atomic E-state index is 9.62. The van der Waals surface area contributed by atoms with Crippen molar-refractivity contribution < 1.29 is 24.6 Å². The molecule has 1 aliphatic heterocycles. The average Bonchev–Trinajstić information content (AvgIpc) is 2.91. The number of anilines is 1. The van der Waals surface area contributed by atoms with Crippen LogP contribution in [0.5, 0.6) is 5.75 Å². The van der Waals surface area contributed by atoms with Crippen LogP contribution in [0.3, 0.4) is 0 Å². The first kappa shape index (κ1) is 16.1. The molecule has 3 N–H and O–H groups in total. The zero-order valence-corrected chi connectivity index (χ0v) is 12.3. The van der Waals surface area contributed by atoms with E-state index in [1.54, 1.807) is 18.2 Å². The molecule has 0 bridgehead atoms. The molecular weight excluding hydrogens is 288 g/mol. The molecule has 1 aliphatic rings. The van der Waals surface area contributed by atoms with Gasteiger partial charge in [0.05, 0.1) is 11.5 Å². The van der Waals surface area contributed by atoms with Gasteiger partial charge in [-0.3, -0.25) is 4.79 Å². The average molecular weight is 308 g/mol. The largest absolute Gasteiger partial charge is 0.508 e. The molecule has 1 aromatic heterocycles. The summed E-state index contributed by atoms with van der Waals surface area (Å²) >= 11 is 0. The second kappa shape index (κ2) is 7.13. The van der Waals surface area contributed by atoms with E-state index in [1.807, 2.05) is 6.92 Å². The van der Waals surface area contributed by atoms with Crippen molar-refractivity contribution in [3.05, 3.63) is 18.2 Å². The number of phenols is 1. The number of hydrogen-bond donors (Lipinski definition) is 3. The smallest absolute Gasteiger partial charge is 0.290 e. The number of aliphatic hydroxyl groups is 1. The Morgan fingerprint density at radius 2 is 2.05 bits per heavy atom. The molecule has 1 unspecified atom stereocenters. The van der Waals surface area contributed by atoms with E-state index in [9.17, 15) is 10.2 Å². The SMILES string of the molecule is CC(O)C1CCN(c2noc3ccc(O)cc23)CC1.O=CO. The highest BCUT2D eigenvalue weighted by molar-refractivity contribution is 5.89. The number of aliphatic hydroxyl groups excluding tert-OH is 1. The summed E-state index contributed by atoms with van der Waals surface area (Å²) in [5, 5.41) is 31.0. The highest BCUT2D eigenvalue weighted by Crippen LogP contribution is 2.32. The van der Waals surface area contributed by atoms with Gasteiger partial charge in [-0.05, 0) is 43.9 Å². The van der Waals surface area contributed by atoms with Gasteiger partial charge >= 0.3 is 0 Å². The highest BCUT2D eigenvalue weighted by atomic mass is 16.5. The fourth-order valence-corrected chi connectivity index (χ4v) is 2.74. The van der Waals surface area contributed by atoms with E-state index in [4.69, 9.17) is 14.4 Å². The summed E-state index contributed by atoms with van der Waals surface area (Å²) in [4.78, 5) is 10.5. The minimum Gasteiger partial charge on any atom is -0.508 e. The van der Waals surface area contributed by atoms with Gasteiger partial charge in [0.2, 0.25) is 0 Å². The molecule has 2 aromatic rings. The molecule has 2 heterocycles. The third kappa shape index (κ3) is 3.48. The summed E-state index contributed by atoms with van der Waals surface area (Å²) < 4.78 is 5.28. The highest BCUT2D eigenvalue weighted by Gasteiger charge is 2.25. The Balaban J connectivity index is 0.000000545. The number of carboxylic acid groups (broad SMARTS) is 1. The zero-order valence-electron chi connectivity index (χ0n) is 12.3. The molecule has 3 rings (SSSR count). The summed E-state index contributed by atoms with van der Waals surface area (Å²) in [6, 6.07) is 5.00. The Bertz CT molecular complexity index is 617. The number of piperidine rings is 1. The Morgan fingerprint density at radius 3 is 2.64 bits per heavy atom. The summed E-state index contributed by atoms with van der Waals surface area (Å²) in [5.74, 6) is 1.37. The van der Waals surface area contributed by atoms with Crippen molar-refractivity contribution >= 4 is 23.3 Å². The van der Waals surface area contributed by atoms with Crippen LogP contribution in [-0.2, 0) is 4.79 Å². The second-order valence-electron chi connectivity index (χ2n) is 5.36. The van der Waals surface area contributed by atoms with Crippen LogP contribution in [0.25, 0.3) is 11.0 Å². The summed E-state index contributed by atoms with van der Waals surface area (Å²) in [6.45, 7) is 3.31. The van der Waals surface area contributed by atoms with Crippen molar-refractivity contribution in [1.29, 1.82) is 0 Å².